The lowest BCUT2D eigenvalue weighted by atomic mass is 9.71. The molecule has 4 unspecified atom stereocenters. The molecule has 5 atom stereocenters. The zero-order valence-corrected chi connectivity index (χ0v) is 13.4. The Hall–Kier alpha value is -0.790. The SMILES string of the molecule is CCC(=O)OC/C(C)=C\CCC1(C)C2CC3[C@@H](C2)C31C. The topological polar surface area (TPSA) is 26.3 Å². The number of carbonyl (C=O) groups excluding carboxylic acids is 1. The first-order valence-corrected chi connectivity index (χ1v) is 8.24. The van der Waals surface area contributed by atoms with Gasteiger partial charge in [0.05, 0.1) is 0 Å². The highest BCUT2D eigenvalue weighted by atomic mass is 16.5. The third kappa shape index (κ3) is 1.79. The molecule has 0 aromatic rings. The van der Waals surface area contributed by atoms with Crippen LogP contribution in [0, 0.1) is 28.6 Å². The second kappa shape index (κ2) is 4.61. The molecule has 4 saturated carbocycles. The molecule has 0 aromatic carbocycles. The summed E-state index contributed by atoms with van der Waals surface area (Å²) in [6.07, 6.45) is 8.18. The number of rotatable bonds is 6. The van der Waals surface area contributed by atoms with Crippen molar-refractivity contribution in [2.24, 2.45) is 28.6 Å². The summed E-state index contributed by atoms with van der Waals surface area (Å²) in [5, 5.41) is 0. The number of carbonyl (C=O) groups is 1. The van der Waals surface area contributed by atoms with Crippen molar-refractivity contribution in [1.82, 2.24) is 0 Å². The van der Waals surface area contributed by atoms with Crippen LogP contribution in [0.5, 0.6) is 0 Å². The Labute approximate surface area is 123 Å². The zero-order chi connectivity index (χ0) is 14.5. The maximum Gasteiger partial charge on any atom is 0.305 e. The average molecular weight is 276 g/mol. The highest BCUT2D eigenvalue weighted by Gasteiger charge is 2.80. The van der Waals surface area contributed by atoms with Gasteiger partial charge in [0.15, 0.2) is 0 Å². The van der Waals surface area contributed by atoms with Crippen LogP contribution in [0.2, 0.25) is 0 Å². The van der Waals surface area contributed by atoms with Gasteiger partial charge in [0.1, 0.15) is 6.61 Å². The Bertz CT molecular complexity index is 438. The molecule has 112 valence electrons. The van der Waals surface area contributed by atoms with E-state index in [4.69, 9.17) is 4.74 Å². The molecular formula is C18H28O2. The van der Waals surface area contributed by atoms with Gasteiger partial charge in [-0.1, -0.05) is 26.8 Å². The van der Waals surface area contributed by atoms with Crippen LogP contribution in [0.25, 0.3) is 0 Å². The van der Waals surface area contributed by atoms with Gasteiger partial charge < -0.3 is 4.74 Å². The van der Waals surface area contributed by atoms with Gasteiger partial charge in [-0.25, -0.2) is 0 Å². The average Bonchev–Trinajstić information content (AvgIpc) is 2.75. The van der Waals surface area contributed by atoms with Gasteiger partial charge in [0.2, 0.25) is 0 Å². The minimum atomic E-state index is -0.102. The van der Waals surface area contributed by atoms with E-state index >= 15 is 0 Å². The van der Waals surface area contributed by atoms with Crippen molar-refractivity contribution in [3.8, 4) is 0 Å². The van der Waals surface area contributed by atoms with Gasteiger partial charge in [-0.15, -0.1) is 0 Å². The van der Waals surface area contributed by atoms with E-state index in [1.807, 2.05) is 6.92 Å². The standard InChI is InChI=1S/C18H28O2/c1-5-16(19)20-11-12(2)7-6-8-17(3)13-9-14-15(10-13)18(14,17)4/h7,13-15H,5-6,8-11H2,1-4H3/b12-7-/t13?,14-,15?,17?,18?/m1/s1. The molecule has 0 spiro atoms. The van der Waals surface area contributed by atoms with Crippen LogP contribution >= 0.6 is 0 Å². The second-order valence-corrected chi connectivity index (χ2v) is 7.68. The fourth-order valence-corrected chi connectivity index (χ4v) is 5.48. The largest absolute Gasteiger partial charge is 0.461 e. The predicted molar refractivity (Wildman–Crippen MR) is 80.2 cm³/mol. The van der Waals surface area contributed by atoms with Crippen LogP contribution < -0.4 is 0 Å². The molecule has 4 fully saturated rings. The van der Waals surface area contributed by atoms with E-state index in [1.165, 1.54) is 24.8 Å². The fourth-order valence-electron chi connectivity index (χ4n) is 5.48. The predicted octanol–water partition coefficient (Wildman–Crippen LogP) is 4.35. The number of hydrogen-bond acceptors (Lipinski definition) is 2. The fraction of sp³-hybridized carbons (Fsp3) is 0.833. The quantitative estimate of drug-likeness (QED) is 0.532. The van der Waals surface area contributed by atoms with Gasteiger partial charge >= 0.3 is 5.97 Å². The van der Waals surface area contributed by atoms with Crippen molar-refractivity contribution in [2.75, 3.05) is 6.61 Å². The third-order valence-electron chi connectivity index (χ3n) is 7.03. The highest BCUT2D eigenvalue weighted by molar-refractivity contribution is 5.69. The van der Waals surface area contributed by atoms with E-state index < -0.39 is 0 Å². The van der Waals surface area contributed by atoms with Gasteiger partial charge in [-0.2, -0.15) is 0 Å². The van der Waals surface area contributed by atoms with Gasteiger partial charge in [0, 0.05) is 6.42 Å². The Balaban J connectivity index is 1.50. The van der Waals surface area contributed by atoms with Crippen LogP contribution in [-0.4, -0.2) is 12.6 Å². The van der Waals surface area contributed by atoms with Crippen LogP contribution in [-0.2, 0) is 9.53 Å². The molecule has 0 N–H and O–H groups in total. The molecule has 0 aliphatic heterocycles. The summed E-state index contributed by atoms with van der Waals surface area (Å²) in [6.45, 7) is 9.44. The monoisotopic (exact) mass is 276 g/mol. The molecule has 0 radical (unpaired) electrons. The lowest BCUT2D eigenvalue weighted by molar-refractivity contribution is -0.142. The normalized spacial score (nSPS) is 44.8. The van der Waals surface area contributed by atoms with Crippen molar-refractivity contribution in [1.29, 1.82) is 0 Å². The maximum absolute atomic E-state index is 11.1. The zero-order valence-electron chi connectivity index (χ0n) is 13.4. The van der Waals surface area contributed by atoms with Crippen LogP contribution in [0.3, 0.4) is 0 Å². The third-order valence-corrected chi connectivity index (χ3v) is 7.03. The van der Waals surface area contributed by atoms with E-state index in [0.717, 1.165) is 24.2 Å². The molecule has 4 rings (SSSR count). The molecule has 20 heavy (non-hydrogen) atoms. The molecule has 0 saturated heterocycles. The molecule has 4 aliphatic carbocycles. The summed E-state index contributed by atoms with van der Waals surface area (Å²) in [4.78, 5) is 11.1. The van der Waals surface area contributed by atoms with E-state index in [2.05, 4.69) is 26.8 Å². The first kappa shape index (κ1) is 14.2. The smallest absolute Gasteiger partial charge is 0.305 e. The van der Waals surface area contributed by atoms with Gasteiger partial charge in [-0.05, 0) is 66.8 Å². The Morgan fingerprint density at radius 2 is 1.95 bits per heavy atom. The minimum absolute atomic E-state index is 0.102. The summed E-state index contributed by atoms with van der Waals surface area (Å²) >= 11 is 0. The van der Waals surface area contributed by atoms with E-state index in [9.17, 15) is 4.79 Å². The summed E-state index contributed by atoms with van der Waals surface area (Å²) in [5.41, 5.74) is 2.42. The summed E-state index contributed by atoms with van der Waals surface area (Å²) < 4.78 is 5.17. The van der Waals surface area contributed by atoms with Crippen molar-refractivity contribution in [2.45, 2.75) is 59.8 Å². The summed E-state index contributed by atoms with van der Waals surface area (Å²) in [5.74, 6) is 2.98. The van der Waals surface area contributed by atoms with Crippen LogP contribution in [0.1, 0.15) is 59.8 Å². The van der Waals surface area contributed by atoms with Crippen LogP contribution in [0.15, 0.2) is 11.6 Å². The van der Waals surface area contributed by atoms with Gasteiger partial charge in [-0.3, -0.25) is 4.79 Å². The second-order valence-electron chi connectivity index (χ2n) is 7.68. The number of allylic oxidation sites excluding steroid dienone is 1. The number of esters is 1. The summed E-state index contributed by atoms with van der Waals surface area (Å²) in [6, 6.07) is 0. The first-order chi connectivity index (χ1) is 9.43. The Kier molecular flexibility index (Phi) is 3.26. The highest BCUT2D eigenvalue weighted by Crippen LogP contribution is 2.87. The number of hydrogen-bond donors (Lipinski definition) is 0. The Morgan fingerprint density at radius 3 is 2.45 bits per heavy atom. The molecule has 0 amide bonds. The van der Waals surface area contributed by atoms with Crippen molar-refractivity contribution < 1.29 is 9.53 Å². The Morgan fingerprint density at radius 1 is 1.30 bits per heavy atom. The molecule has 4 aliphatic rings. The van der Waals surface area contributed by atoms with E-state index in [1.54, 1.807) is 0 Å². The first-order valence-electron chi connectivity index (χ1n) is 8.24. The van der Waals surface area contributed by atoms with Crippen LogP contribution in [0.4, 0.5) is 0 Å². The van der Waals surface area contributed by atoms with Crippen molar-refractivity contribution >= 4 is 5.97 Å². The van der Waals surface area contributed by atoms with Crippen molar-refractivity contribution in [3.05, 3.63) is 11.6 Å². The maximum atomic E-state index is 11.1. The van der Waals surface area contributed by atoms with Gasteiger partial charge in [0.25, 0.3) is 0 Å². The van der Waals surface area contributed by atoms with E-state index in [0.29, 0.717) is 23.9 Å². The van der Waals surface area contributed by atoms with Crippen molar-refractivity contribution in [3.63, 3.8) is 0 Å². The molecule has 2 heteroatoms. The minimum Gasteiger partial charge on any atom is -0.461 e. The molecule has 2 nitrogen and oxygen atoms in total. The molecule has 4 bridgehead atoms. The molecule has 0 aromatic heterocycles. The number of ether oxygens (including phenoxy) is 1. The van der Waals surface area contributed by atoms with E-state index in [-0.39, 0.29) is 5.97 Å². The lowest BCUT2D eigenvalue weighted by Gasteiger charge is -2.34. The lowest BCUT2D eigenvalue weighted by Crippen LogP contribution is -2.26. The molecular weight excluding hydrogens is 248 g/mol. The molecule has 0 heterocycles. The summed E-state index contributed by atoms with van der Waals surface area (Å²) in [7, 11) is 0.